The van der Waals surface area contributed by atoms with Crippen LogP contribution in [0.15, 0.2) is 79.3 Å². The molecular formula is C97H146N6O14. The molecule has 117 heavy (non-hydrogen) atoms. The maximum atomic E-state index is 12.0. The van der Waals surface area contributed by atoms with Crippen molar-refractivity contribution in [3.05, 3.63) is 102 Å². The SMILES string of the molecule is CC(C)(C)OC1CC(OCCC#Cc2ccc(OC3CC(OC(C)(C)C)C3)cn2)C1.CC(C)(C)OC1CC(Oc2ccc(C#CCN3CCN(C(C)(C)C)CC3)nc2)C1.CC(C)(C)OCCCOCCC#Cc1ccc(OC2CC(OC(C)(C)C)C2)cc1.CN(C(=O)COCC#Cc1ccc(OC2CC(OC(C)(C)C)C2)cn1)C(C)(C)C. The zero-order valence-electron chi connectivity index (χ0n) is 76.1. The van der Waals surface area contributed by atoms with Crippen molar-refractivity contribution in [3.63, 3.8) is 0 Å². The fraction of sp³-hybridized carbons (Fsp3) is 0.691. The smallest absolute Gasteiger partial charge is 0.248 e. The Hall–Kier alpha value is -6.86. The Balaban J connectivity index is 0.000000216. The van der Waals surface area contributed by atoms with E-state index in [0.717, 1.165) is 156 Å². The van der Waals surface area contributed by atoms with E-state index in [0.29, 0.717) is 62.5 Å². The molecule has 20 heteroatoms. The molecule has 5 saturated carbocycles. The summed E-state index contributed by atoms with van der Waals surface area (Å²) in [6.45, 7) is 58.4. The first-order chi connectivity index (χ1) is 54.7. The lowest BCUT2D eigenvalue weighted by Gasteiger charge is -2.41. The largest absolute Gasteiger partial charge is 0.490 e. The highest BCUT2D eigenvalue weighted by molar-refractivity contribution is 5.77. The van der Waals surface area contributed by atoms with Crippen molar-refractivity contribution < 1.29 is 66.4 Å². The summed E-state index contributed by atoms with van der Waals surface area (Å²) < 4.78 is 76.0. The average molecular weight is 1620 g/mol. The van der Waals surface area contributed by atoms with Crippen LogP contribution in [0.3, 0.4) is 0 Å². The van der Waals surface area contributed by atoms with Crippen molar-refractivity contribution in [1.82, 2.24) is 29.7 Å². The van der Waals surface area contributed by atoms with Gasteiger partial charge in [-0.1, -0.05) is 29.6 Å². The van der Waals surface area contributed by atoms with Gasteiger partial charge in [-0.05, 0) is 264 Å². The van der Waals surface area contributed by atoms with Crippen LogP contribution in [-0.4, -0.2) is 221 Å². The Morgan fingerprint density at radius 3 is 1.14 bits per heavy atom. The van der Waals surface area contributed by atoms with Crippen molar-refractivity contribution in [2.24, 2.45) is 0 Å². The molecule has 4 aromatic rings. The molecule has 0 unspecified atom stereocenters. The van der Waals surface area contributed by atoms with Gasteiger partial charge in [-0.2, -0.15) is 0 Å². The monoisotopic (exact) mass is 1620 g/mol. The molecule has 4 heterocycles. The van der Waals surface area contributed by atoms with Gasteiger partial charge >= 0.3 is 0 Å². The van der Waals surface area contributed by atoms with Crippen LogP contribution in [0.25, 0.3) is 0 Å². The Bertz CT molecular complexity index is 3830. The van der Waals surface area contributed by atoms with Gasteiger partial charge in [0.2, 0.25) is 5.91 Å². The molecule has 0 atom stereocenters. The second-order valence-corrected chi connectivity index (χ2v) is 39.4. The lowest BCUT2D eigenvalue weighted by Crippen LogP contribution is -2.53. The summed E-state index contributed by atoms with van der Waals surface area (Å²) in [6, 6.07) is 19.5. The summed E-state index contributed by atoms with van der Waals surface area (Å²) in [6.07, 6.45) is 19.7. The summed E-state index contributed by atoms with van der Waals surface area (Å²) >= 11 is 0. The predicted octanol–water partition coefficient (Wildman–Crippen LogP) is 17.3. The number of benzene rings is 1. The van der Waals surface area contributed by atoms with E-state index in [1.54, 1.807) is 30.5 Å². The van der Waals surface area contributed by atoms with Crippen LogP contribution in [0.1, 0.15) is 272 Å². The second kappa shape index (κ2) is 45.1. The van der Waals surface area contributed by atoms with E-state index in [-0.39, 0.29) is 94.3 Å². The second-order valence-electron chi connectivity index (χ2n) is 39.4. The van der Waals surface area contributed by atoms with E-state index in [2.05, 4.69) is 218 Å². The van der Waals surface area contributed by atoms with Gasteiger partial charge in [-0.25, -0.2) is 15.0 Å². The maximum Gasteiger partial charge on any atom is 0.248 e. The molecule has 5 aliphatic carbocycles. The number of amides is 1. The molecule has 6 aliphatic rings. The molecule has 1 aliphatic heterocycles. The molecule has 1 aromatic carbocycles. The number of pyridine rings is 3. The van der Waals surface area contributed by atoms with Gasteiger partial charge in [0.15, 0.2) is 0 Å². The van der Waals surface area contributed by atoms with Gasteiger partial charge in [0, 0.05) is 127 Å². The fourth-order valence-electron chi connectivity index (χ4n) is 13.0. The van der Waals surface area contributed by atoms with Crippen molar-refractivity contribution in [2.75, 3.05) is 79.4 Å². The minimum atomic E-state index is -0.222. The zero-order valence-corrected chi connectivity index (χ0v) is 76.1. The number of nitrogens with zero attached hydrogens (tertiary/aromatic N) is 6. The van der Waals surface area contributed by atoms with Crippen molar-refractivity contribution in [3.8, 4) is 70.4 Å². The number of hydrogen-bond acceptors (Lipinski definition) is 19. The van der Waals surface area contributed by atoms with Crippen LogP contribution in [0.5, 0.6) is 23.0 Å². The first-order valence-electron chi connectivity index (χ1n) is 42.8. The Morgan fingerprint density at radius 2 is 0.761 bits per heavy atom. The molecule has 0 N–H and O–H groups in total. The number of piperazine rings is 1. The highest BCUT2D eigenvalue weighted by Gasteiger charge is 2.39. The minimum Gasteiger partial charge on any atom is -0.490 e. The molecule has 1 amide bonds. The number of hydrogen-bond donors (Lipinski definition) is 0. The highest BCUT2D eigenvalue weighted by atomic mass is 16.6. The number of carbonyl (C=O) groups excluding carboxylic acids is 1. The molecule has 3 aromatic heterocycles. The number of ether oxygens (including phenoxy) is 13. The molecule has 0 radical (unpaired) electrons. The Morgan fingerprint density at radius 1 is 0.393 bits per heavy atom. The highest BCUT2D eigenvalue weighted by Crippen LogP contribution is 2.36. The summed E-state index contributed by atoms with van der Waals surface area (Å²) in [4.78, 5) is 31.7. The molecule has 1 saturated heterocycles. The third-order valence-electron chi connectivity index (χ3n) is 19.3. The van der Waals surface area contributed by atoms with E-state index in [1.165, 1.54) is 0 Å². The minimum absolute atomic E-state index is 0.0178. The van der Waals surface area contributed by atoms with Gasteiger partial charge in [0.1, 0.15) is 77.7 Å². The van der Waals surface area contributed by atoms with Gasteiger partial charge in [0.25, 0.3) is 0 Å². The summed E-state index contributed by atoms with van der Waals surface area (Å²) in [5.41, 5.74) is 2.70. The van der Waals surface area contributed by atoms with Gasteiger partial charge in [-0.15, -0.1) is 0 Å². The Labute approximate surface area is 705 Å². The lowest BCUT2D eigenvalue weighted by molar-refractivity contribution is -0.148. The van der Waals surface area contributed by atoms with E-state index < -0.39 is 0 Å². The molecule has 0 bridgehead atoms. The molecular weight excluding hydrogens is 1470 g/mol. The van der Waals surface area contributed by atoms with Gasteiger partial charge in [-0.3, -0.25) is 14.6 Å². The summed E-state index contributed by atoms with van der Waals surface area (Å²) in [7, 11) is 1.77. The number of likely N-dealkylation sites (N-methyl/N-ethyl adjacent to an activating group) is 1. The van der Waals surface area contributed by atoms with E-state index in [1.807, 2.05) is 81.4 Å². The summed E-state index contributed by atoms with van der Waals surface area (Å²) in [5.74, 6) is 28.0. The van der Waals surface area contributed by atoms with E-state index >= 15 is 0 Å². The third-order valence-corrected chi connectivity index (χ3v) is 19.3. The van der Waals surface area contributed by atoms with Gasteiger partial charge < -0.3 is 66.5 Å². The van der Waals surface area contributed by atoms with Crippen molar-refractivity contribution >= 4 is 5.91 Å². The maximum absolute atomic E-state index is 12.0. The molecule has 10 rings (SSSR count). The zero-order chi connectivity index (χ0) is 85.8. The average Bonchev–Trinajstić information content (AvgIpc) is 0.827. The quantitative estimate of drug-likeness (QED) is 0.0426. The number of carbonyl (C=O) groups is 1. The van der Waals surface area contributed by atoms with E-state index in [9.17, 15) is 4.79 Å². The fourth-order valence-corrected chi connectivity index (χ4v) is 13.0. The van der Waals surface area contributed by atoms with Crippen LogP contribution in [0.4, 0.5) is 0 Å². The topological polar surface area (TPSA) is 185 Å². The van der Waals surface area contributed by atoms with Crippen LogP contribution in [-0.2, 0) is 47.4 Å². The molecule has 648 valence electrons. The first-order valence-corrected chi connectivity index (χ1v) is 42.8. The predicted molar refractivity (Wildman–Crippen MR) is 465 cm³/mol. The van der Waals surface area contributed by atoms with Crippen LogP contribution in [0, 0.1) is 47.4 Å². The lowest BCUT2D eigenvalue weighted by atomic mass is 9.91. The normalized spacial score (nSPS) is 22.1. The summed E-state index contributed by atoms with van der Waals surface area (Å²) in [5, 5.41) is 0. The van der Waals surface area contributed by atoms with Gasteiger partial charge in [0.05, 0.1) is 109 Å². The van der Waals surface area contributed by atoms with E-state index in [4.69, 9.17) is 61.6 Å². The standard InChI is InChI=1S/C25H37NO4.C25H38O4.C24H37N3O2.C23H34N2O4/c1-24(2,3)29-22-13-20(14-22)27-12-8-7-9-18-10-11-19(17-26-18)28-21-15-23(16-21)30-25(4,5)6;1-24(2,3)27-17-9-16-26-15-8-7-10-20-11-13-21(14-12-20)28-22-18-23(19-22)29-25(4,5)6;1-23(2,3)27-14-12-26(13-15-27)11-7-8-19-9-10-20(18-25-19)28-21-16-22(17-21)29-24(4,5)6;1-22(2,3)25(7)21(26)16-27-12-8-9-17-10-11-18(15-24-17)28-19-13-20(14-19)29-23(4,5)6/h10-11,17,20-23H,8,12-16H2,1-6H3;11-14,22-23H,8-9,15-19H2,1-6H3;9-10,18,21-22H,11-17H2,1-6H3;10-11,15,19-20H,12-14,16H2,1-7H3. The number of rotatable bonds is 26. The number of aromatic nitrogens is 3. The van der Waals surface area contributed by atoms with Crippen LogP contribution < -0.4 is 18.9 Å². The molecule has 0 spiro atoms. The van der Waals surface area contributed by atoms with Crippen molar-refractivity contribution in [1.29, 1.82) is 0 Å². The van der Waals surface area contributed by atoms with Crippen LogP contribution in [0.2, 0.25) is 0 Å². The van der Waals surface area contributed by atoms with Crippen LogP contribution >= 0.6 is 0 Å². The van der Waals surface area contributed by atoms with Crippen molar-refractivity contribution in [2.45, 2.75) is 355 Å². The molecule has 6 fully saturated rings. The Kier molecular flexibility index (Phi) is 37.5. The molecule has 20 nitrogen and oxygen atoms in total. The first kappa shape index (κ1) is 97.3. The third kappa shape index (κ3) is 40.8.